The Morgan fingerprint density at radius 2 is 2.00 bits per heavy atom. The number of nitrogens with one attached hydrogen (secondary N) is 1. The van der Waals surface area contributed by atoms with Gasteiger partial charge in [-0.2, -0.15) is 15.6 Å². The fourth-order valence-electron chi connectivity index (χ4n) is 3.15. The lowest BCUT2D eigenvalue weighted by Gasteiger charge is -2.16. The van der Waals surface area contributed by atoms with Crippen molar-refractivity contribution < 1.29 is 18.3 Å². The van der Waals surface area contributed by atoms with Crippen LogP contribution in [-0.2, 0) is 10.0 Å². The molecule has 2 heterocycles. The molecule has 1 aromatic heterocycles. The van der Waals surface area contributed by atoms with Crippen molar-refractivity contribution in [3.8, 4) is 0 Å². The SMILES string of the molecule is CNC(=O)c1ccc(S(=O)(=O)N2CC(CO)C(c3ccsc3)C2)cc1. The van der Waals surface area contributed by atoms with Gasteiger partial charge in [0.25, 0.3) is 5.91 Å². The minimum absolute atomic E-state index is 0.00355. The number of carbonyl (C=O) groups is 1. The number of carbonyl (C=O) groups excluding carboxylic acids is 1. The van der Waals surface area contributed by atoms with E-state index in [0.29, 0.717) is 12.1 Å². The van der Waals surface area contributed by atoms with Crippen LogP contribution in [0.5, 0.6) is 0 Å². The smallest absolute Gasteiger partial charge is 0.251 e. The molecule has 1 amide bonds. The molecule has 1 aliphatic rings. The standard InChI is InChI=1S/C17H20N2O4S2/c1-18-17(21)12-2-4-15(5-3-12)25(22,23)19-8-14(10-20)16(9-19)13-6-7-24-11-13/h2-7,11,14,16,20H,8-10H2,1H3,(H,18,21). The summed E-state index contributed by atoms with van der Waals surface area (Å²) in [5.41, 5.74) is 1.48. The van der Waals surface area contributed by atoms with Crippen LogP contribution in [0.1, 0.15) is 21.8 Å². The van der Waals surface area contributed by atoms with Crippen molar-refractivity contribution in [2.75, 3.05) is 26.7 Å². The van der Waals surface area contributed by atoms with E-state index < -0.39 is 10.0 Å². The maximum atomic E-state index is 12.9. The van der Waals surface area contributed by atoms with Crippen molar-refractivity contribution in [1.82, 2.24) is 9.62 Å². The Hall–Kier alpha value is -1.74. The van der Waals surface area contributed by atoms with Crippen LogP contribution in [0.2, 0.25) is 0 Å². The summed E-state index contributed by atoms with van der Waals surface area (Å²) in [4.78, 5) is 11.7. The van der Waals surface area contributed by atoms with Gasteiger partial charge >= 0.3 is 0 Å². The summed E-state index contributed by atoms with van der Waals surface area (Å²) in [6.45, 7) is 0.584. The first-order valence-electron chi connectivity index (χ1n) is 7.92. The van der Waals surface area contributed by atoms with Gasteiger partial charge in [0.1, 0.15) is 0 Å². The molecule has 1 aromatic carbocycles. The van der Waals surface area contributed by atoms with Crippen molar-refractivity contribution in [2.45, 2.75) is 10.8 Å². The molecule has 25 heavy (non-hydrogen) atoms. The fraction of sp³-hybridized carbons (Fsp3) is 0.353. The summed E-state index contributed by atoms with van der Waals surface area (Å²) in [6.07, 6.45) is 0. The normalized spacial score (nSPS) is 21.4. The number of aliphatic hydroxyl groups is 1. The molecule has 6 nitrogen and oxygen atoms in total. The van der Waals surface area contributed by atoms with Gasteiger partial charge in [0.05, 0.1) is 4.90 Å². The molecular weight excluding hydrogens is 360 g/mol. The molecule has 0 spiro atoms. The van der Waals surface area contributed by atoms with Gasteiger partial charge in [-0.15, -0.1) is 0 Å². The van der Waals surface area contributed by atoms with Gasteiger partial charge in [0.15, 0.2) is 0 Å². The summed E-state index contributed by atoms with van der Waals surface area (Å²) in [6, 6.07) is 7.88. The quantitative estimate of drug-likeness (QED) is 0.823. The first-order valence-corrected chi connectivity index (χ1v) is 10.3. The second kappa shape index (κ2) is 7.25. The van der Waals surface area contributed by atoms with Gasteiger partial charge in [0, 0.05) is 44.1 Å². The van der Waals surface area contributed by atoms with E-state index in [2.05, 4.69) is 5.32 Å². The summed E-state index contributed by atoms with van der Waals surface area (Å²) >= 11 is 1.56. The van der Waals surface area contributed by atoms with Crippen LogP contribution in [0, 0.1) is 5.92 Å². The molecular formula is C17H20N2O4S2. The van der Waals surface area contributed by atoms with Crippen LogP contribution in [-0.4, -0.2) is 50.5 Å². The highest BCUT2D eigenvalue weighted by atomic mass is 32.2. The van der Waals surface area contributed by atoms with Crippen molar-refractivity contribution in [2.24, 2.45) is 5.92 Å². The van der Waals surface area contributed by atoms with Crippen LogP contribution >= 0.6 is 11.3 Å². The average Bonchev–Trinajstić information content (AvgIpc) is 3.30. The van der Waals surface area contributed by atoms with Gasteiger partial charge in [-0.1, -0.05) is 0 Å². The first-order chi connectivity index (χ1) is 12.0. The number of aliphatic hydroxyl groups excluding tert-OH is 1. The number of sulfonamides is 1. The molecule has 3 rings (SSSR count). The topological polar surface area (TPSA) is 86.7 Å². The zero-order valence-electron chi connectivity index (χ0n) is 13.8. The predicted molar refractivity (Wildman–Crippen MR) is 96.2 cm³/mol. The van der Waals surface area contributed by atoms with E-state index in [0.717, 1.165) is 5.56 Å². The third-order valence-corrected chi connectivity index (χ3v) is 7.14. The van der Waals surface area contributed by atoms with Crippen LogP contribution in [0.3, 0.4) is 0 Å². The summed E-state index contributed by atoms with van der Waals surface area (Å²) < 4.78 is 27.2. The van der Waals surface area contributed by atoms with E-state index >= 15 is 0 Å². The Balaban J connectivity index is 1.84. The number of benzene rings is 1. The molecule has 2 unspecified atom stereocenters. The van der Waals surface area contributed by atoms with Gasteiger partial charge in [-0.3, -0.25) is 4.79 Å². The number of hydrogen-bond donors (Lipinski definition) is 2. The van der Waals surface area contributed by atoms with E-state index in [1.165, 1.54) is 35.6 Å². The average molecular weight is 380 g/mol. The predicted octanol–water partition coefficient (Wildman–Crippen LogP) is 1.50. The maximum Gasteiger partial charge on any atom is 0.251 e. The third kappa shape index (κ3) is 3.48. The molecule has 1 saturated heterocycles. The highest BCUT2D eigenvalue weighted by Gasteiger charge is 2.39. The van der Waals surface area contributed by atoms with Gasteiger partial charge in [-0.05, 0) is 46.7 Å². The second-order valence-electron chi connectivity index (χ2n) is 6.03. The van der Waals surface area contributed by atoms with Gasteiger partial charge in [-0.25, -0.2) is 8.42 Å². The van der Waals surface area contributed by atoms with Crippen LogP contribution in [0.15, 0.2) is 46.0 Å². The number of amides is 1. The number of thiophene rings is 1. The van der Waals surface area contributed by atoms with Crippen molar-refractivity contribution >= 4 is 27.3 Å². The Kier molecular flexibility index (Phi) is 5.24. The first kappa shape index (κ1) is 18.1. The molecule has 2 atom stereocenters. The third-order valence-electron chi connectivity index (χ3n) is 4.59. The second-order valence-corrected chi connectivity index (χ2v) is 8.75. The van der Waals surface area contributed by atoms with Crippen molar-refractivity contribution in [3.05, 3.63) is 52.2 Å². The van der Waals surface area contributed by atoms with Crippen LogP contribution in [0.25, 0.3) is 0 Å². The molecule has 0 bridgehead atoms. The monoisotopic (exact) mass is 380 g/mol. The lowest BCUT2D eigenvalue weighted by molar-refractivity contribution is 0.0963. The van der Waals surface area contributed by atoms with E-state index in [-0.39, 0.29) is 35.8 Å². The zero-order valence-corrected chi connectivity index (χ0v) is 15.4. The summed E-state index contributed by atoms with van der Waals surface area (Å²) in [7, 11) is -2.14. The molecule has 0 aliphatic carbocycles. The largest absolute Gasteiger partial charge is 0.396 e. The lowest BCUT2D eigenvalue weighted by atomic mass is 9.92. The molecule has 0 saturated carbocycles. The van der Waals surface area contributed by atoms with Crippen molar-refractivity contribution in [1.29, 1.82) is 0 Å². The Morgan fingerprint density at radius 1 is 1.28 bits per heavy atom. The summed E-state index contributed by atoms with van der Waals surface area (Å²) in [5, 5.41) is 16.1. The van der Waals surface area contributed by atoms with E-state index in [1.54, 1.807) is 11.3 Å². The molecule has 1 aliphatic heterocycles. The number of rotatable bonds is 5. The summed E-state index contributed by atoms with van der Waals surface area (Å²) in [5.74, 6) is -0.381. The Bertz CT molecular complexity index is 832. The molecule has 1 fully saturated rings. The molecule has 2 aromatic rings. The van der Waals surface area contributed by atoms with Gasteiger partial charge in [0.2, 0.25) is 10.0 Å². The Labute approximate surface area is 151 Å². The van der Waals surface area contributed by atoms with Crippen molar-refractivity contribution in [3.63, 3.8) is 0 Å². The highest BCUT2D eigenvalue weighted by molar-refractivity contribution is 7.89. The lowest BCUT2D eigenvalue weighted by Crippen LogP contribution is -2.29. The maximum absolute atomic E-state index is 12.9. The molecule has 134 valence electrons. The van der Waals surface area contributed by atoms with E-state index in [4.69, 9.17) is 0 Å². The zero-order chi connectivity index (χ0) is 18.0. The van der Waals surface area contributed by atoms with E-state index in [9.17, 15) is 18.3 Å². The number of hydrogen-bond acceptors (Lipinski definition) is 5. The minimum Gasteiger partial charge on any atom is -0.396 e. The van der Waals surface area contributed by atoms with E-state index in [1.807, 2.05) is 16.8 Å². The molecule has 8 heteroatoms. The highest BCUT2D eigenvalue weighted by Crippen LogP contribution is 2.36. The molecule has 0 radical (unpaired) electrons. The van der Waals surface area contributed by atoms with Gasteiger partial charge < -0.3 is 10.4 Å². The van der Waals surface area contributed by atoms with Crippen LogP contribution < -0.4 is 5.32 Å². The minimum atomic E-state index is -3.66. The number of nitrogens with zero attached hydrogens (tertiary/aromatic N) is 1. The Morgan fingerprint density at radius 3 is 2.56 bits per heavy atom. The fourth-order valence-corrected chi connectivity index (χ4v) is 5.40. The van der Waals surface area contributed by atoms with Crippen LogP contribution in [0.4, 0.5) is 0 Å². The molecule has 2 N–H and O–H groups in total.